The number of ether oxygens (including phenoxy) is 9. The summed E-state index contributed by atoms with van der Waals surface area (Å²) in [7, 11) is 7.97. The van der Waals surface area contributed by atoms with E-state index in [9.17, 15) is 37.5 Å². The molecule has 0 saturated carbocycles. The zero-order chi connectivity index (χ0) is 79.7. The summed E-state index contributed by atoms with van der Waals surface area (Å²) < 4.78 is 72.0. The van der Waals surface area contributed by atoms with E-state index in [1.165, 1.54) is 108 Å². The van der Waals surface area contributed by atoms with Crippen LogP contribution in [-0.2, 0) is 46.9 Å². The summed E-state index contributed by atoms with van der Waals surface area (Å²) in [6, 6.07) is 55.5. The molecule has 8 aromatic carbocycles. The minimum absolute atomic E-state index is 0.0232. The molecule has 0 bridgehead atoms. The molecule has 110 heavy (non-hydrogen) atoms. The van der Waals surface area contributed by atoms with Crippen LogP contribution in [0.3, 0.4) is 0 Å². The predicted molar refractivity (Wildman–Crippen MR) is 420 cm³/mol. The van der Waals surface area contributed by atoms with Gasteiger partial charge in [-0.15, -0.1) is 0 Å². The number of methoxy groups -OCH3 is 3. The van der Waals surface area contributed by atoms with Crippen molar-refractivity contribution in [1.29, 1.82) is 0 Å². The van der Waals surface area contributed by atoms with Crippen LogP contribution in [0.15, 0.2) is 194 Å². The third-order valence-corrected chi connectivity index (χ3v) is 17.0. The Morgan fingerprint density at radius 1 is 0.436 bits per heavy atom. The molecule has 2 heterocycles. The Bertz CT molecular complexity index is 4000. The highest BCUT2D eigenvalue weighted by Gasteiger charge is 2.28. The van der Waals surface area contributed by atoms with E-state index in [4.69, 9.17) is 34.2 Å². The molecule has 0 radical (unpaired) electrons. The van der Waals surface area contributed by atoms with E-state index in [0.717, 1.165) is 84.1 Å². The van der Waals surface area contributed by atoms with E-state index >= 15 is 0 Å². The Morgan fingerprint density at radius 2 is 0.773 bits per heavy atom. The van der Waals surface area contributed by atoms with E-state index in [1.807, 2.05) is 89.8 Å². The summed E-state index contributed by atoms with van der Waals surface area (Å²) in [5.41, 5.74) is 11.0. The van der Waals surface area contributed by atoms with Gasteiger partial charge in [0.15, 0.2) is 0 Å². The first-order valence-corrected chi connectivity index (χ1v) is 36.8. The van der Waals surface area contributed by atoms with Crippen molar-refractivity contribution in [2.45, 2.75) is 112 Å². The molecule has 0 atom stereocenters. The number of hydrogen-bond donors (Lipinski definition) is 4. The van der Waals surface area contributed by atoms with Crippen molar-refractivity contribution in [3.05, 3.63) is 250 Å². The largest absolute Gasteiger partial charge is 0.519 e. The van der Waals surface area contributed by atoms with E-state index in [1.54, 1.807) is 48.5 Å². The minimum atomic E-state index is -1.11. The second-order valence-electron chi connectivity index (χ2n) is 27.4. The summed E-state index contributed by atoms with van der Waals surface area (Å²) in [5, 5.41) is 9.24. The van der Waals surface area contributed by atoms with Crippen LogP contribution < -0.4 is 50.1 Å². The highest BCUT2D eigenvalue weighted by molar-refractivity contribution is 5.95. The number of halogens is 2. The van der Waals surface area contributed by atoms with Gasteiger partial charge in [-0.05, 0) is 209 Å². The van der Waals surface area contributed by atoms with Crippen molar-refractivity contribution in [3.8, 4) is 34.5 Å². The molecule has 0 unspecified atom stereocenters. The third kappa shape index (κ3) is 32.5. The number of nitrogens with zero attached hydrogens (tertiary/aromatic N) is 3. The highest BCUT2D eigenvalue weighted by Crippen LogP contribution is 2.26. The van der Waals surface area contributed by atoms with Crippen LogP contribution >= 0.6 is 0 Å². The predicted octanol–water partition coefficient (Wildman–Crippen LogP) is 15.5. The van der Waals surface area contributed by atoms with Crippen LogP contribution in [0.4, 0.5) is 23.2 Å². The number of para-hydroxylation sites is 3. The van der Waals surface area contributed by atoms with Crippen LogP contribution in [0, 0.1) is 29.4 Å². The molecule has 0 aromatic heterocycles. The maximum atomic E-state index is 13.3. The number of nitrogens with one attached hydrogen (secondary N) is 3. The Hall–Kier alpha value is -10.9. The maximum absolute atomic E-state index is 13.3. The van der Waals surface area contributed by atoms with E-state index < -0.39 is 30.2 Å². The zero-order valence-corrected chi connectivity index (χ0v) is 65.0. The fraction of sp³-hybridized carbons (Fsp3) is 0.372. The second kappa shape index (κ2) is 47.8. The van der Waals surface area contributed by atoms with Gasteiger partial charge in [0.2, 0.25) is 0 Å². The van der Waals surface area contributed by atoms with Gasteiger partial charge in [-0.2, -0.15) is 0 Å². The number of likely N-dealkylation sites (tertiary alicyclic amines) is 2. The lowest BCUT2D eigenvalue weighted by molar-refractivity contribution is 0.0586. The molecule has 8 aromatic rings. The summed E-state index contributed by atoms with van der Waals surface area (Å²) in [6.07, 6.45) is 2.53. The number of hydrogen-bond acceptors (Lipinski definition) is 19. The van der Waals surface area contributed by atoms with Crippen molar-refractivity contribution in [1.82, 2.24) is 30.7 Å². The van der Waals surface area contributed by atoms with Crippen molar-refractivity contribution in [3.63, 3.8) is 0 Å². The Labute approximate surface area is 645 Å². The monoisotopic (exact) mass is 1520 g/mol. The van der Waals surface area contributed by atoms with Crippen molar-refractivity contribution in [2.24, 2.45) is 23.5 Å². The van der Waals surface area contributed by atoms with Crippen molar-refractivity contribution >= 4 is 36.2 Å². The first kappa shape index (κ1) is 88.0. The molecule has 0 spiro atoms. The molecule has 2 aliphatic rings. The zero-order valence-electron chi connectivity index (χ0n) is 65.0. The molecular weight excluding hydrogens is 1410 g/mol. The molecule has 24 heteroatoms. The molecular formula is C86H107F2N7O15. The minimum Gasteiger partial charge on any atom is -0.493 e. The topological polar surface area (TPSA) is 257 Å². The number of urea groups is 1. The van der Waals surface area contributed by atoms with Gasteiger partial charge < -0.3 is 79.0 Å². The Kier molecular flexibility index (Phi) is 38.2. The number of amides is 3. The van der Waals surface area contributed by atoms with Crippen LogP contribution in [-0.4, -0.2) is 144 Å². The van der Waals surface area contributed by atoms with E-state index in [0.29, 0.717) is 63.2 Å². The maximum Gasteiger partial charge on any atom is 0.519 e. The van der Waals surface area contributed by atoms with E-state index in [2.05, 4.69) is 95.6 Å². The number of rotatable bonds is 26. The molecule has 2 aliphatic heterocycles. The summed E-state index contributed by atoms with van der Waals surface area (Å²) in [5.74, 6) is 1.84. The SMILES string of the molecule is CC(C)COc1ccc(CN)cc1.CC(C)COc1ccc(CNC(=O)N(Cc2ccc(F)cc2)C2CCN(C)CC2)cc1.CN1CCC(NCc2ccc(F)cc2)CC1.COC(=O)c1ccccc1OC(=O)NCc1ccc(OCC(C)C)cc1.COC(=O)c1ccccc1OC(=O)Oc1ccccc1C(=O)OC. The molecule has 10 rings (SSSR count). The molecule has 2 saturated heterocycles. The lowest BCUT2D eigenvalue weighted by Gasteiger charge is -2.37. The second-order valence-corrected chi connectivity index (χ2v) is 27.4. The third-order valence-electron chi connectivity index (χ3n) is 17.0. The molecule has 590 valence electrons. The highest BCUT2D eigenvalue weighted by atomic mass is 19.1. The number of piperidine rings is 2. The summed E-state index contributed by atoms with van der Waals surface area (Å²) in [6.45, 7) is 21.7. The number of nitrogens with two attached hydrogens (primary N) is 1. The van der Waals surface area contributed by atoms with Crippen LogP contribution in [0.2, 0.25) is 0 Å². The Balaban J connectivity index is 0.000000221. The van der Waals surface area contributed by atoms with Crippen molar-refractivity contribution in [2.75, 3.05) is 81.4 Å². The quantitative estimate of drug-likeness (QED) is 0.0223. The molecule has 5 N–H and O–H groups in total. The molecule has 0 aliphatic carbocycles. The van der Waals surface area contributed by atoms with Gasteiger partial charge in [0, 0.05) is 44.8 Å². The normalized spacial score (nSPS) is 12.8. The van der Waals surface area contributed by atoms with Crippen LogP contribution in [0.5, 0.6) is 34.5 Å². The standard InChI is InChI=1S/C25H34FN3O2.C20H23NO5.C17H14O7.C13H19FN2.C11H17NO/c1-19(2)18-31-24-10-6-20(7-11-24)16-27-25(30)29(23-12-14-28(3)15-13-23)17-21-4-8-22(26)9-5-21;1-14(2)13-25-16-10-8-15(9-11-16)12-21-20(23)26-18-7-5-4-6-17(18)19(22)24-3;1-21-15(18)11-7-3-5-9-13(11)23-17(20)24-14-10-6-4-8-12(14)16(19)22-2;1-16-8-6-13(7-9-16)15-10-11-2-4-12(14)5-3-11;1-9(2)8-13-11-5-3-10(7-12)4-6-11/h4-11,19,23H,12-18H2,1-3H3,(H,27,30);4-11,14H,12-13H2,1-3H3,(H,21,23);3-10H,1-2H3;2-5,13,15H,6-10H2,1H3;3-6,9H,7-8,12H2,1-2H3. The fourth-order valence-electron chi connectivity index (χ4n) is 10.7. The number of esters is 3. The average Bonchev–Trinajstić information content (AvgIpc) is 0.848. The average molecular weight is 1520 g/mol. The van der Waals surface area contributed by atoms with Gasteiger partial charge in [-0.25, -0.2) is 37.5 Å². The number of benzene rings is 8. The van der Waals surface area contributed by atoms with Gasteiger partial charge in [-0.3, -0.25) is 0 Å². The summed E-state index contributed by atoms with van der Waals surface area (Å²) in [4.78, 5) is 78.6. The van der Waals surface area contributed by atoms with Gasteiger partial charge >= 0.3 is 36.2 Å². The van der Waals surface area contributed by atoms with Crippen molar-refractivity contribution < 1.29 is 80.2 Å². The van der Waals surface area contributed by atoms with Gasteiger partial charge in [0.05, 0.1) is 41.2 Å². The van der Waals surface area contributed by atoms with Gasteiger partial charge in [0.1, 0.15) is 62.8 Å². The smallest absolute Gasteiger partial charge is 0.493 e. The van der Waals surface area contributed by atoms with Crippen LogP contribution in [0.25, 0.3) is 0 Å². The lowest BCUT2D eigenvalue weighted by Crippen LogP contribution is -2.49. The first-order valence-electron chi connectivity index (χ1n) is 36.8. The Morgan fingerprint density at radius 3 is 1.15 bits per heavy atom. The molecule has 22 nitrogen and oxygen atoms in total. The van der Waals surface area contributed by atoms with Gasteiger partial charge in [-0.1, -0.05) is 139 Å². The summed E-state index contributed by atoms with van der Waals surface area (Å²) >= 11 is 0. The van der Waals surface area contributed by atoms with Gasteiger partial charge in [0.25, 0.3) is 0 Å². The van der Waals surface area contributed by atoms with E-state index in [-0.39, 0.29) is 57.6 Å². The lowest BCUT2D eigenvalue weighted by atomic mass is 10.0. The van der Waals surface area contributed by atoms with Crippen LogP contribution in [0.1, 0.15) is 126 Å². The molecule has 2 fully saturated rings. The first-order chi connectivity index (χ1) is 52.9. The fourth-order valence-corrected chi connectivity index (χ4v) is 10.7. The number of carbonyl (C=O) groups excluding carboxylic acids is 6. The number of carbonyl (C=O) groups is 6. The molecule has 3 amide bonds.